The lowest BCUT2D eigenvalue weighted by Gasteiger charge is -2.16. The van der Waals surface area contributed by atoms with Crippen molar-refractivity contribution in [3.63, 3.8) is 0 Å². The molecule has 2 aromatic carbocycles. The predicted octanol–water partition coefficient (Wildman–Crippen LogP) is 6.41. The van der Waals surface area contributed by atoms with E-state index in [1.807, 2.05) is 13.0 Å². The van der Waals surface area contributed by atoms with E-state index in [0.29, 0.717) is 28.3 Å². The van der Waals surface area contributed by atoms with Gasteiger partial charge in [0.25, 0.3) is 0 Å². The Morgan fingerprint density at radius 3 is 2.55 bits per heavy atom. The monoisotopic (exact) mass is 472 g/mol. The fourth-order valence-corrected chi connectivity index (χ4v) is 4.28. The van der Waals surface area contributed by atoms with Crippen LogP contribution in [0.25, 0.3) is 0 Å². The summed E-state index contributed by atoms with van der Waals surface area (Å²) in [7, 11) is 0. The van der Waals surface area contributed by atoms with Gasteiger partial charge in [-0.3, -0.25) is 0 Å². The number of aliphatic hydroxyl groups excluding tert-OH is 2. The van der Waals surface area contributed by atoms with Gasteiger partial charge in [0, 0.05) is 33.0 Å². The number of ether oxygens (including phenoxy) is 2. The number of halogens is 4. The van der Waals surface area contributed by atoms with E-state index in [1.54, 1.807) is 12.1 Å². The van der Waals surface area contributed by atoms with E-state index in [1.165, 1.54) is 29.5 Å². The second kappa shape index (κ2) is 9.91. The van der Waals surface area contributed by atoms with Crippen LogP contribution in [0.15, 0.2) is 48.5 Å². The molecule has 0 saturated carbocycles. The average Bonchev–Trinajstić information content (AvgIpc) is 3.05. The molecule has 1 unspecified atom stereocenters. The van der Waals surface area contributed by atoms with Gasteiger partial charge in [0.05, 0.1) is 0 Å². The van der Waals surface area contributed by atoms with E-state index >= 15 is 0 Å². The van der Waals surface area contributed by atoms with Crippen LogP contribution in [0.5, 0.6) is 17.2 Å². The van der Waals surface area contributed by atoms with Gasteiger partial charge in [-0.2, -0.15) is 0 Å². The number of rotatable bonds is 8. The molecule has 31 heavy (non-hydrogen) atoms. The van der Waals surface area contributed by atoms with Gasteiger partial charge in [0.15, 0.2) is 0 Å². The molecule has 3 rings (SSSR count). The van der Waals surface area contributed by atoms with Gasteiger partial charge in [-0.25, -0.2) is 0 Å². The number of alkyl halides is 3. The Hall–Kier alpha value is -2.26. The SMILES string of the molecule is Cc1sc(C(O)c2ccc(Cl)cc2Oc2cccc(OC(F)(F)F)c2)cc1CCCO. The number of aryl methyl sites for hydroxylation is 2. The van der Waals surface area contributed by atoms with Crippen molar-refractivity contribution in [3.05, 3.63) is 74.4 Å². The molecule has 0 fully saturated rings. The number of thiophene rings is 1. The molecular formula is C22H20ClF3O4S. The first kappa shape index (κ1) is 23.4. The van der Waals surface area contributed by atoms with E-state index in [9.17, 15) is 18.3 Å². The summed E-state index contributed by atoms with van der Waals surface area (Å²) >= 11 is 7.51. The zero-order valence-electron chi connectivity index (χ0n) is 16.4. The van der Waals surface area contributed by atoms with Crippen LogP contribution in [0.2, 0.25) is 5.02 Å². The zero-order valence-corrected chi connectivity index (χ0v) is 18.0. The summed E-state index contributed by atoms with van der Waals surface area (Å²) in [6, 6.07) is 11.7. The Kier molecular flexibility index (Phi) is 7.48. The van der Waals surface area contributed by atoms with Crippen LogP contribution in [0.3, 0.4) is 0 Å². The Labute approximate surface area is 186 Å². The van der Waals surface area contributed by atoms with Gasteiger partial charge in [-0.15, -0.1) is 24.5 Å². The lowest BCUT2D eigenvalue weighted by Crippen LogP contribution is -2.17. The van der Waals surface area contributed by atoms with E-state index < -0.39 is 18.2 Å². The molecule has 0 saturated heterocycles. The molecule has 0 spiro atoms. The van der Waals surface area contributed by atoms with Gasteiger partial charge >= 0.3 is 6.36 Å². The summed E-state index contributed by atoms with van der Waals surface area (Å²) in [6.45, 7) is 2.03. The van der Waals surface area contributed by atoms with E-state index in [2.05, 4.69) is 4.74 Å². The molecule has 3 aromatic rings. The molecule has 2 N–H and O–H groups in total. The minimum atomic E-state index is -4.82. The molecule has 0 bridgehead atoms. The van der Waals surface area contributed by atoms with E-state index in [4.69, 9.17) is 21.4 Å². The zero-order chi connectivity index (χ0) is 22.6. The first-order valence-corrected chi connectivity index (χ1v) is 10.6. The molecule has 9 heteroatoms. The third-order valence-electron chi connectivity index (χ3n) is 4.45. The summed E-state index contributed by atoms with van der Waals surface area (Å²) in [5, 5.41) is 20.4. The molecule has 1 atom stereocenters. The lowest BCUT2D eigenvalue weighted by molar-refractivity contribution is -0.274. The first-order chi connectivity index (χ1) is 14.7. The molecule has 0 aliphatic carbocycles. The Morgan fingerprint density at radius 1 is 1.10 bits per heavy atom. The molecule has 4 nitrogen and oxygen atoms in total. The Bertz CT molecular complexity index is 1040. The summed E-state index contributed by atoms with van der Waals surface area (Å²) in [5.41, 5.74) is 1.46. The van der Waals surface area contributed by atoms with Crippen molar-refractivity contribution >= 4 is 22.9 Å². The highest BCUT2D eigenvalue weighted by Gasteiger charge is 2.31. The molecular weight excluding hydrogens is 453 g/mol. The highest BCUT2D eigenvalue weighted by molar-refractivity contribution is 7.12. The number of hydrogen-bond acceptors (Lipinski definition) is 5. The topological polar surface area (TPSA) is 58.9 Å². The molecule has 0 aliphatic heterocycles. The van der Waals surface area contributed by atoms with Crippen LogP contribution in [0.4, 0.5) is 13.2 Å². The van der Waals surface area contributed by atoms with E-state index in [-0.39, 0.29) is 18.1 Å². The first-order valence-electron chi connectivity index (χ1n) is 9.37. The number of benzene rings is 2. The fraction of sp³-hybridized carbons (Fsp3) is 0.273. The van der Waals surface area contributed by atoms with Gasteiger partial charge in [-0.05, 0) is 55.7 Å². The van der Waals surface area contributed by atoms with Crippen molar-refractivity contribution in [2.75, 3.05) is 6.61 Å². The van der Waals surface area contributed by atoms with Gasteiger partial charge < -0.3 is 19.7 Å². The van der Waals surface area contributed by atoms with Crippen LogP contribution < -0.4 is 9.47 Å². The largest absolute Gasteiger partial charge is 0.573 e. The summed E-state index contributed by atoms with van der Waals surface area (Å²) in [5.74, 6) is -0.105. The van der Waals surface area contributed by atoms with Crippen LogP contribution in [-0.2, 0) is 6.42 Å². The predicted molar refractivity (Wildman–Crippen MR) is 113 cm³/mol. The second-order valence-electron chi connectivity index (χ2n) is 6.77. The lowest BCUT2D eigenvalue weighted by atomic mass is 10.0. The maximum Gasteiger partial charge on any atom is 0.573 e. The highest BCUT2D eigenvalue weighted by atomic mass is 35.5. The van der Waals surface area contributed by atoms with Crippen molar-refractivity contribution in [2.24, 2.45) is 0 Å². The quantitative estimate of drug-likeness (QED) is 0.398. The number of aliphatic hydroxyl groups is 2. The highest BCUT2D eigenvalue weighted by Crippen LogP contribution is 2.39. The van der Waals surface area contributed by atoms with Gasteiger partial charge in [0.2, 0.25) is 0 Å². The molecule has 0 radical (unpaired) electrons. The van der Waals surface area contributed by atoms with Crippen LogP contribution in [0, 0.1) is 6.92 Å². The average molecular weight is 473 g/mol. The van der Waals surface area contributed by atoms with Crippen molar-refractivity contribution < 1.29 is 32.9 Å². The van der Waals surface area contributed by atoms with Crippen LogP contribution in [-0.4, -0.2) is 23.2 Å². The normalized spacial score (nSPS) is 12.6. The molecule has 166 valence electrons. The molecule has 1 aromatic heterocycles. The molecule has 0 amide bonds. The van der Waals surface area contributed by atoms with Crippen molar-refractivity contribution in [1.82, 2.24) is 0 Å². The van der Waals surface area contributed by atoms with Gasteiger partial charge in [0.1, 0.15) is 23.4 Å². The van der Waals surface area contributed by atoms with Gasteiger partial charge in [-0.1, -0.05) is 23.7 Å². The van der Waals surface area contributed by atoms with Crippen molar-refractivity contribution in [2.45, 2.75) is 32.2 Å². The smallest absolute Gasteiger partial charge is 0.457 e. The third kappa shape index (κ3) is 6.36. The Morgan fingerprint density at radius 2 is 1.84 bits per heavy atom. The molecule has 1 heterocycles. The summed E-state index contributed by atoms with van der Waals surface area (Å²) < 4.78 is 47.2. The van der Waals surface area contributed by atoms with Crippen LogP contribution >= 0.6 is 22.9 Å². The summed E-state index contributed by atoms with van der Waals surface area (Å²) in [6.07, 6.45) is -4.52. The maximum atomic E-state index is 12.5. The van der Waals surface area contributed by atoms with Crippen molar-refractivity contribution in [1.29, 1.82) is 0 Å². The minimum Gasteiger partial charge on any atom is -0.457 e. The Balaban J connectivity index is 1.88. The number of hydrogen-bond donors (Lipinski definition) is 2. The van der Waals surface area contributed by atoms with Crippen molar-refractivity contribution in [3.8, 4) is 17.2 Å². The second-order valence-corrected chi connectivity index (χ2v) is 8.49. The minimum absolute atomic E-state index is 0.0828. The third-order valence-corrected chi connectivity index (χ3v) is 5.83. The van der Waals surface area contributed by atoms with E-state index in [0.717, 1.165) is 22.6 Å². The summed E-state index contributed by atoms with van der Waals surface area (Å²) in [4.78, 5) is 1.72. The van der Waals surface area contributed by atoms with Crippen LogP contribution in [0.1, 0.15) is 33.4 Å². The maximum absolute atomic E-state index is 12.5. The fourth-order valence-electron chi connectivity index (χ4n) is 3.04. The standard InChI is InChI=1S/C22H20ClF3O4S/c1-13-14(4-3-9-27)10-20(31-13)21(28)18-8-7-15(23)11-19(18)29-16-5-2-6-17(12-16)30-22(24,25)26/h2,5-8,10-12,21,27-28H,3-4,9H2,1H3. The molecule has 0 aliphatic rings.